The van der Waals surface area contributed by atoms with Crippen LogP contribution in [0.15, 0.2) is 36.4 Å². The van der Waals surface area contributed by atoms with E-state index in [9.17, 15) is 4.79 Å². The highest BCUT2D eigenvalue weighted by molar-refractivity contribution is 7.26. The molecule has 1 aromatic carbocycles. The molecular weight excluding hydrogens is 315 g/mol. The number of hydrogen-bond donors (Lipinski definition) is 2. The Morgan fingerprint density at radius 1 is 1.26 bits per heavy atom. The number of carboxylic acids is 1. The zero-order chi connectivity index (χ0) is 16.4. The predicted octanol–water partition coefficient (Wildman–Crippen LogP) is 2.17. The molecule has 7 nitrogen and oxygen atoms in total. The number of H-pyrrole nitrogens is 1. The number of nitrogens with one attached hydrogen (secondary N) is 1. The summed E-state index contributed by atoms with van der Waals surface area (Å²) in [4.78, 5) is 15.4. The van der Waals surface area contributed by atoms with Crippen LogP contribution in [0.3, 0.4) is 0 Å². The molecule has 0 aliphatic heterocycles. The van der Waals surface area contributed by atoms with Gasteiger partial charge in [0.1, 0.15) is 5.75 Å². The zero-order valence-electron chi connectivity index (χ0n) is 12.1. The number of aromatic amines is 1. The molecule has 8 heteroatoms. The molecule has 23 heavy (non-hydrogen) atoms. The number of nitrogens with zero attached hydrogens (tertiary/aromatic N) is 3. The summed E-state index contributed by atoms with van der Waals surface area (Å²) in [5.74, 6) is -0.741. The molecule has 1 unspecified atom stereocenters. The van der Waals surface area contributed by atoms with Crippen molar-refractivity contribution in [2.24, 2.45) is 0 Å². The Labute approximate surface area is 133 Å². The van der Waals surface area contributed by atoms with E-state index in [4.69, 9.17) is 9.84 Å². The fraction of sp³-hybridized carbons (Fsp3) is 0.0667. The molecule has 0 saturated heterocycles. The van der Waals surface area contributed by atoms with E-state index < -0.39 is 5.97 Å². The zero-order valence-corrected chi connectivity index (χ0v) is 13.3. The molecule has 0 bridgehead atoms. The minimum Gasteiger partial charge on any atom is -0.476 e. The van der Waals surface area contributed by atoms with E-state index >= 15 is 0 Å². The first-order chi connectivity index (χ1) is 11.0. The first kappa shape index (κ1) is 15.1. The molecule has 0 fully saturated rings. The van der Waals surface area contributed by atoms with Gasteiger partial charge in [0.05, 0.1) is 11.1 Å². The lowest BCUT2D eigenvalue weighted by Gasteiger charge is -2.06. The Hall–Kier alpha value is -2.79. The molecule has 0 radical (unpaired) electrons. The number of hydrogen-bond acceptors (Lipinski definition) is 5. The third kappa shape index (κ3) is 3.35. The number of carbonyl (C=O) groups is 1. The molecule has 3 rings (SSSR count). The van der Waals surface area contributed by atoms with Crippen LogP contribution in [0.1, 0.15) is 16.1 Å². The Bertz CT molecular complexity index is 841. The van der Waals surface area contributed by atoms with Gasteiger partial charge in [-0.2, -0.15) is 0 Å². The summed E-state index contributed by atoms with van der Waals surface area (Å²) in [6.07, 6.45) is 0. The summed E-state index contributed by atoms with van der Waals surface area (Å²) in [6.45, 7) is 2.01. The number of pyridine rings is 1. The minimum atomic E-state index is -1.21. The first-order valence-electron chi connectivity index (χ1n) is 6.70. The van der Waals surface area contributed by atoms with E-state index in [2.05, 4.69) is 29.6 Å². The van der Waals surface area contributed by atoms with Gasteiger partial charge in [-0.25, -0.2) is 14.9 Å². The van der Waals surface area contributed by atoms with Gasteiger partial charge in [-0.3, -0.25) is 0 Å². The van der Waals surface area contributed by atoms with E-state index in [0.29, 0.717) is 5.75 Å². The lowest BCUT2D eigenvalue weighted by molar-refractivity contribution is 0.0687. The maximum absolute atomic E-state index is 11.0. The predicted molar refractivity (Wildman–Crippen MR) is 87.2 cm³/mol. The van der Waals surface area contributed by atoms with Crippen molar-refractivity contribution < 1.29 is 14.6 Å². The summed E-state index contributed by atoms with van der Waals surface area (Å²) in [5, 5.41) is 18.3. The molecule has 3 aromatic rings. The van der Waals surface area contributed by atoms with Crippen LogP contribution in [0.2, 0.25) is 0 Å². The lowest BCUT2D eigenvalue weighted by atomic mass is 10.1. The van der Waals surface area contributed by atoms with Crippen LogP contribution >= 0.6 is 9.24 Å². The molecule has 2 N–H and O–H groups in total. The number of carboxylic acid groups (broad SMARTS) is 1. The average molecular weight is 328 g/mol. The van der Waals surface area contributed by atoms with Crippen LogP contribution in [0.25, 0.3) is 11.3 Å². The van der Waals surface area contributed by atoms with Gasteiger partial charge < -0.3 is 9.84 Å². The quantitative estimate of drug-likeness (QED) is 0.712. The van der Waals surface area contributed by atoms with Gasteiger partial charge in [-0.05, 0) is 48.9 Å². The topological polar surface area (TPSA) is 101 Å². The highest BCUT2D eigenvalue weighted by Gasteiger charge is 2.16. The number of aromatic carboxylic acids is 1. The second-order valence-corrected chi connectivity index (χ2v) is 5.47. The molecule has 2 heterocycles. The van der Waals surface area contributed by atoms with Crippen molar-refractivity contribution in [3.8, 4) is 22.9 Å². The largest absolute Gasteiger partial charge is 0.476 e. The number of benzene rings is 1. The van der Waals surface area contributed by atoms with E-state index in [1.165, 1.54) is 0 Å². The van der Waals surface area contributed by atoms with E-state index in [1.54, 1.807) is 12.1 Å². The Morgan fingerprint density at radius 2 is 2.00 bits per heavy atom. The van der Waals surface area contributed by atoms with Crippen LogP contribution in [0, 0.1) is 6.92 Å². The third-order valence-electron chi connectivity index (χ3n) is 3.08. The molecule has 0 aliphatic carbocycles. The molecule has 0 amide bonds. The average Bonchev–Trinajstić information content (AvgIpc) is 2.95. The maximum Gasteiger partial charge on any atom is 0.362 e. The van der Waals surface area contributed by atoms with Crippen LogP contribution in [0.4, 0.5) is 0 Å². The van der Waals surface area contributed by atoms with Crippen molar-refractivity contribution >= 4 is 20.6 Å². The van der Waals surface area contributed by atoms with E-state index in [1.807, 2.05) is 31.2 Å². The second kappa shape index (κ2) is 6.14. The summed E-state index contributed by atoms with van der Waals surface area (Å²) >= 11 is 0. The third-order valence-corrected chi connectivity index (χ3v) is 3.37. The molecule has 0 spiro atoms. The second-order valence-electron chi connectivity index (χ2n) is 4.88. The van der Waals surface area contributed by atoms with Crippen LogP contribution < -0.4 is 10.2 Å². The van der Waals surface area contributed by atoms with Crippen molar-refractivity contribution in [3.05, 3.63) is 47.7 Å². The molecule has 116 valence electrons. The summed E-state index contributed by atoms with van der Waals surface area (Å²) < 4.78 is 5.46. The lowest BCUT2D eigenvalue weighted by Crippen LogP contribution is -2.00. The molecule has 1 atom stereocenters. The number of aromatic nitrogens is 4. The van der Waals surface area contributed by atoms with E-state index in [-0.39, 0.29) is 11.6 Å². The van der Waals surface area contributed by atoms with Crippen molar-refractivity contribution in [3.63, 3.8) is 0 Å². The fourth-order valence-electron chi connectivity index (χ4n) is 2.08. The van der Waals surface area contributed by atoms with Crippen molar-refractivity contribution in [2.45, 2.75) is 6.92 Å². The molecule has 2 aromatic heterocycles. The van der Waals surface area contributed by atoms with Crippen molar-refractivity contribution in [1.29, 1.82) is 0 Å². The highest BCUT2D eigenvalue weighted by Crippen LogP contribution is 2.25. The van der Waals surface area contributed by atoms with Gasteiger partial charge in [0, 0.05) is 5.56 Å². The van der Waals surface area contributed by atoms with Gasteiger partial charge in [0.2, 0.25) is 5.69 Å². The summed E-state index contributed by atoms with van der Waals surface area (Å²) in [7, 11) is 2.58. The van der Waals surface area contributed by atoms with Crippen LogP contribution in [-0.4, -0.2) is 31.5 Å². The van der Waals surface area contributed by atoms with Gasteiger partial charge in [0.25, 0.3) is 5.88 Å². The van der Waals surface area contributed by atoms with Gasteiger partial charge >= 0.3 is 5.97 Å². The van der Waals surface area contributed by atoms with E-state index in [0.717, 1.165) is 22.3 Å². The van der Waals surface area contributed by atoms with Crippen LogP contribution in [-0.2, 0) is 0 Å². The molecule has 0 saturated carbocycles. The normalized spacial score (nSPS) is 10.5. The van der Waals surface area contributed by atoms with Crippen LogP contribution in [0.5, 0.6) is 11.6 Å². The van der Waals surface area contributed by atoms with Crippen molar-refractivity contribution in [1.82, 2.24) is 20.4 Å². The Balaban J connectivity index is 1.84. The van der Waals surface area contributed by atoms with Crippen molar-refractivity contribution in [2.75, 3.05) is 0 Å². The Morgan fingerprint density at radius 3 is 2.65 bits per heavy atom. The summed E-state index contributed by atoms with van der Waals surface area (Å²) in [5.41, 5.74) is 3.52. The van der Waals surface area contributed by atoms with Gasteiger partial charge in [0.15, 0.2) is 0 Å². The van der Waals surface area contributed by atoms with Gasteiger partial charge in [-0.1, -0.05) is 14.5 Å². The Kier molecular flexibility index (Phi) is 4.04. The standard InChI is InChI=1S/C15H13N4O3P/c1-8-6-11(16-12(23)7-8)9-2-4-10(5-3-9)22-14-13(15(20)21)17-19-18-14/h2-7H,23H2,1H3,(H,20,21)(H,17,18,19). The summed E-state index contributed by atoms with van der Waals surface area (Å²) in [6, 6.07) is 11.1. The number of rotatable bonds is 4. The number of aryl methyl sites for hydroxylation is 1. The molecular formula is C15H13N4O3P. The SMILES string of the molecule is Cc1cc(P)nc(-c2ccc(Oc3[nH]nnc3C(=O)O)cc2)c1. The van der Waals surface area contributed by atoms with Gasteiger partial charge in [-0.15, -0.1) is 5.10 Å². The maximum atomic E-state index is 11.0. The monoisotopic (exact) mass is 328 g/mol. The first-order valence-corrected chi connectivity index (χ1v) is 7.27. The highest BCUT2D eigenvalue weighted by atomic mass is 31.0. The fourth-order valence-corrected chi connectivity index (χ4v) is 2.49. The number of ether oxygens (including phenoxy) is 1. The molecule has 0 aliphatic rings. The minimum absolute atomic E-state index is 0.00817. The smallest absolute Gasteiger partial charge is 0.362 e.